The minimum Gasteiger partial charge on any atom is -0.472 e. The van der Waals surface area contributed by atoms with Crippen LogP contribution in [0.4, 0.5) is 5.69 Å². The molecule has 19 heavy (non-hydrogen) atoms. The Labute approximate surface area is 114 Å². The lowest BCUT2D eigenvalue weighted by Gasteiger charge is -2.07. The highest BCUT2D eigenvalue weighted by molar-refractivity contribution is 6.33. The van der Waals surface area contributed by atoms with Crippen molar-refractivity contribution in [2.75, 3.05) is 11.9 Å². The lowest BCUT2D eigenvalue weighted by molar-refractivity contribution is -0.119. The number of nitrogens with one attached hydrogen (secondary N) is 1. The number of para-hydroxylation sites is 1. The number of amides is 1. The van der Waals surface area contributed by atoms with E-state index in [-0.39, 0.29) is 5.56 Å². The Kier molecular flexibility index (Phi) is 4.20. The van der Waals surface area contributed by atoms with Crippen molar-refractivity contribution < 1.29 is 18.7 Å². The largest absolute Gasteiger partial charge is 0.472 e. The third-order valence-electron chi connectivity index (χ3n) is 2.24. The first-order valence-electron chi connectivity index (χ1n) is 5.40. The van der Waals surface area contributed by atoms with Crippen LogP contribution in [0.25, 0.3) is 0 Å². The second-order valence-corrected chi connectivity index (χ2v) is 4.02. The number of halogens is 1. The van der Waals surface area contributed by atoms with Gasteiger partial charge in [-0.1, -0.05) is 23.7 Å². The van der Waals surface area contributed by atoms with Crippen LogP contribution in [0.15, 0.2) is 47.3 Å². The molecule has 0 spiro atoms. The fraction of sp³-hybridized carbons (Fsp3) is 0.0769. The Morgan fingerprint density at radius 1 is 1.26 bits per heavy atom. The normalized spacial score (nSPS) is 9.95. The molecule has 1 N–H and O–H groups in total. The molecular weight excluding hydrogens is 270 g/mol. The molecule has 0 fully saturated rings. The minimum atomic E-state index is -0.622. The van der Waals surface area contributed by atoms with Gasteiger partial charge in [-0.3, -0.25) is 4.79 Å². The Hall–Kier alpha value is -2.27. The summed E-state index contributed by atoms with van der Waals surface area (Å²) in [5.74, 6) is -1.09. The third kappa shape index (κ3) is 3.59. The number of rotatable bonds is 4. The summed E-state index contributed by atoms with van der Waals surface area (Å²) in [6.45, 7) is -0.394. The van der Waals surface area contributed by atoms with Gasteiger partial charge in [0.15, 0.2) is 6.61 Å². The fourth-order valence-corrected chi connectivity index (χ4v) is 1.53. The van der Waals surface area contributed by atoms with Crippen molar-refractivity contribution in [2.24, 2.45) is 0 Å². The van der Waals surface area contributed by atoms with Gasteiger partial charge in [0.25, 0.3) is 5.91 Å². The molecule has 0 saturated carbocycles. The molecule has 1 aromatic heterocycles. The van der Waals surface area contributed by atoms with Crippen LogP contribution in [0.3, 0.4) is 0 Å². The second kappa shape index (κ2) is 6.06. The van der Waals surface area contributed by atoms with E-state index >= 15 is 0 Å². The topological polar surface area (TPSA) is 68.5 Å². The average molecular weight is 280 g/mol. The van der Waals surface area contributed by atoms with Gasteiger partial charge in [0.05, 0.1) is 22.5 Å². The van der Waals surface area contributed by atoms with Crippen LogP contribution in [0.1, 0.15) is 10.4 Å². The minimum absolute atomic E-state index is 0.255. The zero-order valence-electron chi connectivity index (χ0n) is 9.76. The van der Waals surface area contributed by atoms with Gasteiger partial charge in [-0.15, -0.1) is 0 Å². The highest BCUT2D eigenvalue weighted by Crippen LogP contribution is 2.20. The molecule has 0 atom stereocenters. The van der Waals surface area contributed by atoms with Crippen molar-refractivity contribution in [1.82, 2.24) is 0 Å². The molecule has 1 heterocycles. The van der Waals surface area contributed by atoms with Crippen molar-refractivity contribution >= 4 is 29.2 Å². The Bertz CT molecular complexity index is 580. The van der Waals surface area contributed by atoms with E-state index in [0.717, 1.165) is 0 Å². The van der Waals surface area contributed by atoms with E-state index in [9.17, 15) is 9.59 Å². The highest BCUT2D eigenvalue weighted by atomic mass is 35.5. The number of benzene rings is 1. The summed E-state index contributed by atoms with van der Waals surface area (Å²) in [5, 5.41) is 2.95. The molecule has 0 aliphatic carbocycles. The molecule has 0 aliphatic rings. The van der Waals surface area contributed by atoms with Crippen molar-refractivity contribution in [3.8, 4) is 0 Å². The summed E-state index contributed by atoms with van der Waals surface area (Å²) < 4.78 is 9.54. The number of furan rings is 1. The Morgan fingerprint density at radius 2 is 2.05 bits per heavy atom. The van der Waals surface area contributed by atoms with Crippen molar-refractivity contribution in [3.63, 3.8) is 0 Å². The SMILES string of the molecule is O=C(COC(=O)c1ccoc1)Nc1ccccc1Cl. The summed E-state index contributed by atoms with van der Waals surface area (Å²) in [5.41, 5.74) is 0.721. The quantitative estimate of drug-likeness (QED) is 0.874. The van der Waals surface area contributed by atoms with Crippen molar-refractivity contribution in [3.05, 3.63) is 53.4 Å². The van der Waals surface area contributed by atoms with E-state index in [1.54, 1.807) is 24.3 Å². The molecule has 98 valence electrons. The molecule has 0 saturated heterocycles. The van der Waals surface area contributed by atoms with Crippen LogP contribution in [0.5, 0.6) is 0 Å². The van der Waals surface area contributed by atoms with Gasteiger partial charge < -0.3 is 14.5 Å². The number of esters is 1. The monoisotopic (exact) mass is 279 g/mol. The van der Waals surface area contributed by atoms with Crippen LogP contribution >= 0.6 is 11.6 Å². The molecule has 0 aliphatic heterocycles. The summed E-state index contributed by atoms with van der Waals surface area (Å²) >= 11 is 5.88. The standard InChI is InChI=1S/C13H10ClNO4/c14-10-3-1-2-4-11(10)15-12(16)8-19-13(17)9-5-6-18-7-9/h1-7H,8H2,(H,15,16). The van der Waals surface area contributed by atoms with Crippen LogP contribution in [-0.2, 0) is 9.53 Å². The van der Waals surface area contributed by atoms with Crippen LogP contribution in [-0.4, -0.2) is 18.5 Å². The van der Waals surface area contributed by atoms with Gasteiger partial charge in [0, 0.05) is 0 Å². The molecular formula is C13H10ClNO4. The summed E-state index contributed by atoms with van der Waals surface area (Å²) in [7, 11) is 0. The summed E-state index contributed by atoms with van der Waals surface area (Å²) in [6, 6.07) is 8.23. The van der Waals surface area contributed by atoms with Crippen LogP contribution in [0.2, 0.25) is 5.02 Å². The number of carbonyl (C=O) groups excluding carboxylic acids is 2. The average Bonchev–Trinajstić information content (AvgIpc) is 2.93. The second-order valence-electron chi connectivity index (χ2n) is 3.62. The maximum atomic E-state index is 11.6. The van der Waals surface area contributed by atoms with Crippen LogP contribution < -0.4 is 5.32 Å². The zero-order valence-corrected chi connectivity index (χ0v) is 10.5. The van der Waals surface area contributed by atoms with Gasteiger partial charge >= 0.3 is 5.97 Å². The Morgan fingerprint density at radius 3 is 2.74 bits per heavy atom. The molecule has 0 unspecified atom stereocenters. The third-order valence-corrected chi connectivity index (χ3v) is 2.57. The first-order valence-corrected chi connectivity index (χ1v) is 5.78. The molecule has 0 bridgehead atoms. The number of hydrogen-bond acceptors (Lipinski definition) is 4. The molecule has 0 radical (unpaired) electrons. The van der Waals surface area contributed by atoms with E-state index < -0.39 is 18.5 Å². The van der Waals surface area contributed by atoms with Gasteiger partial charge in [0.2, 0.25) is 0 Å². The van der Waals surface area contributed by atoms with Gasteiger partial charge in [0.1, 0.15) is 6.26 Å². The number of carbonyl (C=O) groups is 2. The van der Waals surface area contributed by atoms with E-state index in [4.69, 9.17) is 20.8 Å². The van der Waals surface area contributed by atoms with E-state index in [1.165, 1.54) is 18.6 Å². The fourth-order valence-electron chi connectivity index (χ4n) is 1.34. The van der Waals surface area contributed by atoms with Gasteiger partial charge in [-0.2, -0.15) is 0 Å². The van der Waals surface area contributed by atoms with Crippen molar-refractivity contribution in [2.45, 2.75) is 0 Å². The Balaban J connectivity index is 1.86. The summed E-state index contributed by atoms with van der Waals surface area (Å²) in [4.78, 5) is 23.0. The first kappa shape index (κ1) is 13.2. The molecule has 6 heteroatoms. The molecule has 2 rings (SSSR count). The van der Waals surface area contributed by atoms with E-state index in [2.05, 4.69) is 5.32 Å². The smallest absolute Gasteiger partial charge is 0.341 e. The summed E-state index contributed by atoms with van der Waals surface area (Å²) in [6.07, 6.45) is 2.59. The first-order chi connectivity index (χ1) is 9.16. The molecule has 2 aromatic rings. The molecule has 5 nitrogen and oxygen atoms in total. The molecule has 1 amide bonds. The number of ether oxygens (including phenoxy) is 1. The molecule has 1 aromatic carbocycles. The zero-order chi connectivity index (χ0) is 13.7. The predicted molar refractivity (Wildman–Crippen MR) is 69.1 cm³/mol. The number of anilines is 1. The van der Waals surface area contributed by atoms with Gasteiger partial charge in [-0.05, 0) is 18.2 Å². The highest BCUT2D eigenvalue weighted by Gasteiger charge is 2.11. The van der Waals surface area contributed by atoms with E-state index in [1.807, 2.05) is 0 Å². The lowest BCUT2D eigenvalue weighted by Crippen LogP contribution is -2.20. The maximum Gasteiger partial charge on any atom is 0.341 e. The van der Waals surface area contributed by atoms with Crippen molar-refractivity contribution in [1.29, 1.82) is 0 Å². The maximum absolute atomic E-state index is 11.6. The van der Waals surface area contributed by atoms with E-state index in [0.29, 0.717) is 10.7 Å². The number of hydrogen-bond donors (Lipinski definition) is 1. The van der Waals surface area contributed by atoms with Gasteiger partial charge in [-0.25, -0.2) is 4.79 Å². The van der Waals surface area contributed by atoms with Crippen LogP contribution in [0, 0.1) is 0 Å². The predicted octanol–water partition coefficient (Wildman–Crippen LogP) is 2.73. The lowest BCUT2D eigenvalue weighted by atomic mass is 10.3.